The van der Waals surface area contributed by atoms with Crippen molar-refractivity contribution in [2.45, 2.75) is 12.0 Å². The van der Waals surface area contributed by atoms with E-state index in [0.717, 1.165) is 4.47 Å². The molecule has 1 amide bonds. The number of anilines is 1. The molecule has 0 fully saturated rings. The van der Waals surface area contributed by atoms with Gasteiger partial charge in [0.05, 0.1) is 12.5 Å². The highest BCUT2D eigenvalue weighted by Crippen LogP contribution is 2.39. The van der Waals surface area contributed by atoms with E-state index in [0.29, 0.717) is 11.3 Å². The number of hydrogen-bond acceptors (Lipinski definition) is 3. The Morgan fingerprint density at radius 3 is 3.00 bits per heavy atom. The van der Waals surface area contributed by atoms with Crippen LogP contribution in [0.2, 0.25) is 0 Å². The molecule has 15 heavy (non-hydrogen) atoms. The molecule has 76 valence electrons. The van der Waals surface area contributed by atoms with Crippen LogP contribution in [-0.4, -0.2) is 11.0 Å². The van der Waals surface area contributed by atoms with Crippen molar-refractivity contribution in [1.29, 1.82) is 5.26 Å². The van der Waals surface area contributed by atoms with Gasteiger partial charge in [0.15, 0.2) is 5.60 Å². The Hall–Kier alpha value is -1.38. The van der Waals surface area contributed by atoms with E-state index < -0.39 is 11.5 Å². The van der Waals surface area contributed by atoms with E-state index in [2.05, 4.69) is 21.2 Å². The summed E-state index contributed by atoms with van der Waals surface area (Å²) in [5, 5.41) is 21.2. The quantitative estimate of drug-likeness (QED) is 0.809. The number of carbonyl (C=O) groups excluding carboxylic acids is 1. The van der Waals surface area contributed by atoms with Crippen LogP contribution in [-0.2, 0) is 10.4 Å². The van der Waals surface area contributed by atoms with Crippen LogP contribution in [0.3, 0.4) is 0 Å². The number of nitrogens with zero attached hydrogens (tertiary/aromatic N) is 1. The van der Waals surface area contributed by atoms with Gasteiger partial charge in [-0.3, -0.25) is 4.79 Å². The van der Waals surface area contributed by atoms with E-state index in [1.54, 1.807) is 18.2 Å². The zero-order valence-electron chi connectivity index (χ0n) is 7.62. The summed E-state index contributed by atoms with van der Waals surface area (Å²) in [6.45, 7) is 0. The zero-order valence-corrected chi connectivity index (χ0v) is 9.21. The predicted molar refractivity (Wildman–Crippen MR) is 56.9 cm³/mol. The van der Waals surface area contributed by atoms with Crippen LogP contribution in [0.5, 0.6) is 0 Å². The lowest BCUT2D eigenvalue weighted by atomic mass is 9.93. The average molecular weight is 267 g/mol. The highest BCUT2D eigenvalue weighted by molar-refractivity contribution is 9.10. The van der Waals surface area contributed by atoms with E-state index in [1.807, 2.05) is 6.07 Å². The topological polar surface area (TPSA) is 73.1 Å². The SMILES string of the molecule is N#CC[C@@]1(O)C(=O)Nc2ccc(Br)cc21. The van der Waals surface area contributed by atoms with E-state index in [9.17, 15) is 9.90 Å². The van der Waals surface area contributed by atoms with Gasteiger partial charge in [-0.1, -0.05) is 15.9 Å². The number of halogens is 1. The lowest BCUT2D eigenvalue weighted by Gasteiger charge is -2.16. The minimum absolute atomic E-state index is 0.248. The Balaban J connectivity index is 2.58. The first-order valence-corrected chi connectivity index (χ1v) is 5.08. The molecule has 0 saturated heterocycles. The molecule has 1 atom stereocenters. The van der Waals surface area contributed by atoms with Gasteiger partial charge >= 0.3 is 0 Å². The fraction of sp³-hybridized carbons (Fsp3) is 0.200. The van der Waals surface area contributed by atoms with Crippen LogP contribution in [0.1, 0.15) is 12.0 Å². The number of amides is 1. The van der Waals surface area contributed by atoms with Gasteiger partial charge in [-0.15, -0.1) is 0 Å². The summed E-state index contributed by atoms with van der Waals surface area (Å²) < 4.78 is 0.758. The lowest BCUT2D eigenvalue weighted by molar-refractivity contribution is -0.133. The summed E-state index contributed by atoms with van der Waals surface area (Å²) in [5.74, 6) is -0.544. The molecule has 0 saturated carbocycles. The number of nitrogens with one attached hydrogen (secondary N) is 1. The molecule has 1 heterocycles. The fourth-order valence-corrected chi connectivity index (χ4v) is 1.97. The molecule has 0 aliphatic carbocycles. The normalized spacial score (nSPS) is 23.1. The highest BCUT2D eigenvalue weighted by atomic mass is 79.9. The summed E-state index contributed by atoms with van der Waals surface area (Å²) >= 11 is 3.25. The molecule has 0 bridgehead atoms. The van der Waals surface area contributed by atoms with Crippen LogP contribution in [0, 0.1) is 11.3 Å². The van der Waals surface area contributed by atoms with Crippen molar-refractivity contribution in [3.05, 3.63) is 28.2 Å². The summed E-state index contributed by atoms with van der Waals surface area (Å²) in [7, 11) is 0. The van der Waals surface area contributed by atoms with Crippen molar-refractivity contribution < 1.29 is 9.90 Å². The zero-order chi connectivity index (χ0) is 11.1. The Morgan fingerprint density at radius 2 is 2.33 bits per heavy atom. The van der Waals surface area contributed by atoms with Crippen LogP contribution in [0.25, 0.3) is 0 Å². The maximum absolute atomic E-state index is 11.5. The van der Waals surface area contributed by atoms with Gasteiger partial charge in [-0.05, 0) is 18.2 Å². The number of nitriles is 1. The molecule has 0 spiro atoms. The second-order valence-corrected chi connectivity index (χ2v) is 4.25. The smallest absolute Gasteiger partial charge is 0.262 e. The van der Waals surface area contributed by atoms with E-state index in [4.69, 9.17) is 5.26 Å². The lowest BCUT2D eigenvalue weighted by Crippen LogP contribution is -2.33. The largest absolute Gasteiger partial charge is 0.374 e. The van der Waals surface area contributed by atoms with Crippen LogP contribution < -0.4 is 5.32 Å². The maximum atomic E-state index is 11.5. The van der Waals surface area contributed by atoms with Crippen molar-refractivity contribution in [1.82, 2.24) is 0 Å². The molecular weight excluding hydrogens is 260 g/mol. The second kappa shape index (κ2) is 3.33. The number of aliphatic hydroxyl groups is 1. The third-order valence-electron chi connectivity index (χ3n) is 2.39. The molecule has 2 rings (SSSR count). The third kappa shape index (κ3) is 1.42. The highest BCUT2D eigenvalue weighted by Gasteiger charge is 2.45. The Kier molecular flexibility index (Phi) is 2.25. The minimum Gasteiger partial charge on any atom is -0.374 e. The maximum Gasteiger partial charge on any atom is 0.262 e. The van der Waals surface area contributed by atoms with Crippen molar-refractivity contribution in [2.75, 3.05) is 5.32 Å². The molecule has 5 heteroatoms. The van der Waals surface area contributed by atoms with Gasteiger partial charge in [0.2, 0.25) is 0 Å². The van der Waals surface area contributed by atoms with Crippen LogP contribution >= 0.6 is 15.9 Å². The molecule has 1 aromatic rings. The van der Waals surface area contributed by atoms with Crippen LogP contribution in [0.15, 0.2) is 22.7 Å². The van der Waals surface area contributed by atoms with E-state index in [-0.39, 0.29) is 6.42 Å². The predicted octanol–water partition coefficient (Wildman–Crippen LogP) is 1.50. The van der Waals surface area contributed by atoms with Crippen LogP contribution in [0.4, 0.5) is 5.69 Å². The van der Waals surface area contributed by atoms with Gasteiger partial charge in [-0.25, -0.2) is 0 Å². The van der Waals surface area contributed by atoms with Crippen molar-refractivity contribution in [3.63, 3.8) is 0 Å². The first-order valence-electron chi connectivity index (χ1n) is 4.29. The summed E-state index contributed by atoms with van der Waals surface area (Å²) in [4.78, 5) is 11.5. The summed E-state index contributed by atoms with van der Waals surface area (Å²) in [6.07, 6.45) is -0.248. The number of rotatable bonds is 1. The molecule has 1 aromatic carbocycles. The van der Waals surface area contributed by atoms with E-state index in [1.165, 1.54) is 0 Å². The number of hydrogen-bond donors (Lipinski definition) is 2. The van der Waals surface area contributed by atoms with Gasteiger partial charge in [-0.2, -0.15) is 5.26 Å². The molecule has 2 N–H and O–H groups in total. The van der Waals surface area contributed by atoms with Crippen molar-refractivity contribution >= 4 is 27.5 Å². The molecule has 1 aliphatic heterocycles. The Bertz CT molecular complexity index is 481. The van der Waals surface area contributed by atoms with Crippen molar-refractivity contribution in [2.24, 2.45) is 0 Å². The van der Waals surface area contributed by atoms with Gasteiger partial charge < -0.3 is 10.4 Å². The molecule has 0 aromatic heterocycles. The molecule has 1 aliphatic rings. The van der Waals surface area contributed by atoms with Gasteiger partial charge in [0.25, 0.3) is 5.91 Å². The van der Waals surface area contributed by atoms with Gasteiger partial charge in [0.1, 0.15) is 0 Å². The molecule has 0 unspecified atom stereocenters. The Morgan fingerprint density at radius 1 is 1.60 bits per heavy atom. The average Bonchev–Trinajstić information content (AvgIpc) is 2.42. The monoisotopic (exact) mass is 266 g/mol. The summed E-state index contributed by atoms with van der Waals surface area (Å²) in [5.41, 5.74) is -0.710. The summed E-state index contributed by atoms with van der Waals surface area (Å²) in [6, 6.07) is 6.91. The van der Waals surface area contributed by atoms with E-state index >= 15 is 0 Å². The molecule has 0 radical (unpaired) electrons. The Labute approximate surface area is 94.7 Å². The van der Waals surface area contributed by atoms with Crippen molar-refractivity contribution in [3.8, 4) is 6.07 Å². The van der Waals surface area contributed by atoms with Gasteiger partial charge in [0, 0.05) is 15.7 Å². The standard InChI is InChI=1S/C10H7BrN2O2/c11-6-1-2-8-7(5-6)10(15,3-4-12)9(14)13-8/h1-2,5,15H,3H2,(H,13,14)/t10-/m0/s1. The molecule has 4 nitrogen and oxygen atoms in total. The number of fused-ring (bicyclic) bond motifs is 1. The first kappa shape index (κ1) is 10.1. The number of carbonyl (C=O) groups is 1. The number of benzene rings is 1. The molecular formula is C10H7BrN2O2. The first-order chi connectivity index (χ1) is 7.08. The third-order valence-corrected chi connectivity index (χ3v) is 2.88. The minimum atomic E-state index is -1.71. The second-order valence-electron chi connectivity index (χ2n) is 3.34. The fourth-order valence-electron chi connectivity index (χ4n) is 1.61.